The molecule has 0 fully saturated rings. The van der Waals surface area contributed by atoms with Crippen LogP contribution in [0.5, 0.6) is 5.75 Å². The summed E-state index contributed by atoms with van der Waals surface area (Å²) in [6.07, 6.45) is -4.82. The number of nitrogens with one attached hydrogen (secondary N) is 2. The molecule has 0 spiro atoms. The maximum atomic E-state index is 13.6. The van der Waals surface area contributed by atoms with Gasteiger partial charge in [-0.15, -0.1) is 0 Å². The number of fused-ring (bicyclic) bond motifs is 1. The van der Waals surface area contributed by atoms with Gasteiger partial charge in [0, 0.05) is 36.9 Å². The van der Waals surface area contributed by atoms with Crippen molar-refractivity contribution in [3.05, 3.63) is 89.2 Å². The normalized spacial score (nSPS) is 17.9. The number of aliphatic hydroxyl groups is 1. The summed E-state index contributed by atoms with van der Waals surface area (Å²) in [7, 11) is 1.83. The summed E-state index contributed by atoms with van der Waals surface area (Å²) in [5.41, 5.74) is 0.884. The molecule has 1 aliphatic rings. The van der Waals surface area contributed by atoms with Crippen LogP contribution in [0.3, 0.4) is 0 Å². The molecule has 0 bridgehead atoms. The van der Waals surface area contributed by atoms with Gasteiger partial charge in [-0.1, -0.05) is 19.1 Å². The Labute approximate surface area is 247 Å². The molecule has 3 amide bonds. The monoisotopic (exact) mass is 602 g/mol. The summed E-state index contributed by atoms with van der Waals surface area (Å²) < 4.78 is 58.4. The molecule has 230 valence electrons. The molecule has 0 saturated heterocycles. The average Bonchev–Trinajstić information content (AvgIpc) is 2.95. The lowest BCUT2D eigenvalue weighted by Crippen LogP contribution is -2.49. The van der Waals surface area contributed by atoms with Gasteiger partial charge in [-0.2, -0.15) is 13.2 Å². The summed E-state index contributed by atoms with van der Waals surface area (Å²) in [4.78, 5) is 29.7. The number of carbonyl (C=O) groups excluding carboxylic acids is 2. The first kappa shape index (κ1) is 31.8. The molecule has 3 aromatic carbocycles. The van der Waals surface area contributed by atoms with E-state index in [9.17, 15) is 32.3 Å². The first-order valence-corrected chi connectivity index (χ1v) is 13.7. The minimum Gasteiger partial charge on any atom is -0.488 e. The highest BCUT2D eigenvalue weighted by Crippen LogP contribution is 2.32. The maximum Gasteiger partial charge on any atom is 0.416 e. The number of anilines is 2. The molecule has 0 saturated carbocycles. The van der Waals surface area contributed by atoms with E-state index in [1.54, 1.807) is 24.0 Å². The number of amides is 3. The van der Waals surface area contributed by atoms with Crippen LogP contribution in [0.25, 0.3) is 0 Å². The highest BCUT2D eigenvalue weighted by Gasteiger charge is 2.34. The molecule has 4 rings (SSSR count). The van der Waals surface area contributed by atoms with E-state index in [1.807, 2.05) is 18.9 Å². The van der Waals surface area contributed by atoms with Crippen molar-refractivity contribution >= 4 is 23.3 Å². The SMILES string of the molecule is C[C@@H]1CN([C@H](C)CO)C(=O)c2cc(NC(=O)Nc3ccc(F)cc3)ccc2O[C@H]1CN(C)Cc1ccc(C(F)(F)F)cc1. The molecule has 3 atom stereocenters. The first-order chi connectivity index (χ1) is 20.3. The van der Waals surface area contributed by atoms with Gasteiger partial charge < -0.3 is 25.4 Å². The van der Waals surface area contributed by atoms with Gasteiger partial charge in [0.1, 0.15) is 17.7 Å². The van der Waals surface area contributed by atoms with E-state index < -0.39 is 35.7 Å². The highest BCUT2D eigenvalue weighted by molar-refractivity contribution is 6.02. The van der Waals surface area contributed by atoms with Crippen LogP contribution in [0.15, 0.2) is 66.7 Å². The number of hydrogen-bond donors (Lipinski definition) is 3. The zero-order chi connectivity index (χ0) is 31.3. The summed E-state index contributed by atoms with van der Waals surface area (Å²) in [5, 5.41) is 15.1. The highest BCUT2D eigenvalue weighted by atomic mass is 19.4. The van der Waals surface area contributed by atoms with Gasteiger partial charge in [0.15, 0.2) is 0 Å². The van der Waals surface area contributed by atoms with E-state index in [0.717, 1.165) is 12.1 Å². The maximum absolute atomic E-state index is 13.6. The van der Waals surface area contributed by atoms with Crippen molar-refractivity contribution in [2.24, 2.45) is 5.92 Å². The number of hydrogen-bond acceptors (Lipinski definition) is 5. The van der Waals surface area contributed by atoms with Crippen LogP contribution in [-0.2, 0) is 12.7 Å². The summed E-state index contributed by atoms with van der Waals surface area (Å²) in [5.74, 6) is -0.682. The number of alkyl halides is 3. The van der Waals surface area contributed by atoms with E-state index in [-0.39, 0.29) is 30.5 Å². The van der Waals surface area contributed by atoms with Crippen molar-refractivity contribution < 1.29 is 37.0 Å². The Balaban J connectivity index is 1.53. The fraction of sp³-hybridized carbons (Fsp3) is 0.355. The third-order valence-corrected chi connectivity index (χ3v) is 7.25. The van der Waals surface area contributed by atoms with Crippen molar-refractivity contribution in [3.8, 4) is 5.75 Å². The first-order valence-electron chi connectivity index (χ1n) is 13.7. The second-order valence-corrected chi connectivity index (χ2v) is 10.8. The number of likely N-dealkylation sites (N-methyl/N-ethyl adjacent to an activating group) is 1. The van der Waals surface area contributed by atoms with Crippen molar-refractivity contribution in [2.45, 2.75) is 38.7 Å². The van der Waals surface area contributed by atoms with Crippen LogP contribution in [0, 0.1) is 11.7 Å². The summed E-state index contributed by atoms with van der Waals surface area (Å²) in [6.45, 7) is 4.46. The van der Waals surface area contributed by atoms with Crippen LogP contribution in [0.4, 0.5) is 33.7 Å². The van der Waals surface area contributed by atoms with Crippen LogP contribution >= 0.6 is 0 Å². The third-order valence-electron chi connectivity index (χ3n) is 7.25. The molecule has 3 N–H and O–H groups in total. The van der Waals surface area contributed by atoms with Gasteiger partial charge >= 0.3 is 12.2 Å². The van der Waals surface area contributed by atoms with E-state index in [4.69, 9.17) is 4.74 Å². The second kappa shape index (κ2) is 13.4. The van der Waals surface area contributed by atoms with Gasteiger partial charge in [-0.05, 0) is 74.1 Å². The lowest BCUT2D eigenvalue weighted by molar-refractivity contribution is -0.137. The van der Waals surface area contributed by atoms with E-state index in [0.29, 0.717) is 35.8 Å². The molecule has 8 nitrogen and oxygen atoms in total. The van der Waals surface area contributed by atoms with Crippen molar-refractivity contribution in [2.75, 3.05) is 37.4 Å². The molecule has 0 unspecified atom stereocenters. The van der Waals surface area contributed by atoms with Gasteiger partial charge in [0.05, 0.1) is 23.8 Å². The largest absolute Gasteiger partial charge is 0.488 e. The number of nitrogens with zero attached hydrogens (tertiary/aromatic N) is 2. The zero-order valence-electron chi connectivity index (χ0n) is 24.0. The average molecular weight is 603 g/mol. The van der Waals surface area contributed by atoms with E-state index >= 15 is 0 Å². The number of ether oxygens (including phenoxy) is 1. The van der Waals surface area contributed by atoms with Crippen molar-refractivity contribution in [1.29, 1.82) is 0 Å². The number of benzene rings is 3. The van der Waals surface area contributed by atoms with Crippen molar-refractivity contribution in [1.82, 2.24) is 9.80 Å². The fourth-order valence-corrected chi connectivity index (χ4v) is 4.83. The molecule has 43 heavy (non-hydrogen) atoms. The van der Waals surface area contributed by atoms with Crippen LogP contribution < -0.4 is 15.4 Å². The van der Waals surface area contributed by atoms with Gasteiger partial charge in [-0.25, -0.2) is 9.18 Å². The smallest absolute Gasteiger partial charge is 0.416 e. The Hall–Kier alpha value is -4.16. The Kier molecular flexibility index (Phi) is 9.92. The lowest BCUT2D eigenvalue weighted by Gasteiger charge is -2.38. The second-order valence-electron chi connectivity index (χ2n) is 10.8. The minimum absolute atomic E-state index is 0.166. The predicted molar refractivity (Wildman–Crippen MR) is 154 cm³/mol. The number of halogens is 4. The Morgan fingerprint density at radius 1 is 1.07 bits per heavy atom. The topological polar surface area (TPSA) is 94.1 Å². The lowest BCUT2D eigenvalue weighted by atomic mass is 9.99. The molecule has 0 radical (unpaired) electrons. The Morgan fingerprint density at radius 2 is 1.70 bits per heavy atom. The molecule has 0 aliphatic carbocycles. The Morgan fingerprint density at radius 3 is 2.33 bits per heavy atom. The van der Waals surface area contributed by atoms with Gasteiger partial charge in [0.2, 0.25) is 0 Å². The number of carbonyl (C=O) groups is 2. The molecule has 1 heterocycles. The molecule has 1 aliphatic heterocycles. The summed E-state index contributed by atoms with van der Waals surface area (Å²) in [6, 6.07) is 13.8. The molecule has 0 aromatic heterocycles. The standard InChI is InChI=1S/C31H34F4N4O4/c1-19-15-39(20(2)18-40)29(41)26-14-25(37-30(42)36-24-10-8-23(32)9-11-24)12-13-27(26)43-28(19)17-38(3)16-21-4-6-22(7-5-21)31(33,34)35/h4-14,19-20,28,40H,15-18H2,1-3H3,(H2,36,37,42)/t19-,20-,28+/m1/s1. The van der Waals surface area contributed by atoms with E-state index in [2.05, 4.69) is 10.6 Å². The third kappa shape index (κ3) is 8.23. The number of aliphatic hydroxyl groups excluding tert-OH is 1. The van der Waals surface area contributed by atoms with Crippen LogP contribution in [-0.4, -0.2) is 65.7 Å². The zero-order valence-corrected chi connectivity index (χ0v) is 24.0. The fourth-order valence-electron chi connectivity index (χ4n) is 4.83. The Bertz CT molecular complexity index is 1420. The van der Waals surface area contributed by atoms with Gasteiger partial charge in [0.25, 0.3) is 5.91 Å². The van der Waals surface area contributed by atoms with Crippen LogP contribution in [0.1, 0.15) is 35.3 Å². The van der Waals surface area contributed by atoms with Gasteiger partial charge in [-0.3, -0.25) is 9.69 Å². The predicted octanol–water partition coefficient (Wildman–Crippen LogP) is 5.84. The number of urea groups is 1. The molecule has 12 heteroatoms. The minimum atomic E-state index is -4.41. The molecular formula is C31H34F4N4O4. The quantitative estimate of drug-likeness (QED) is 0.282. The number of rotatable bonds is 8. The molecule has 3 aromatic rings. The van der Waals surface area contributed by atoms with Crippen LogP contribution in [0.2, 0.25) is 0 Å². The summed E-state index contributed by atoms with van der Waals surface area (Å²) >= 11 is 0. The molecular weight excluding hydrogens is 568 g/mol. The van der Waals surface area contributed by atoms with E-state index in [1.165, 1.54) is 42.5 Å². The van der Waals surface area contributed by atoms with Crippen molar-refractivity contribution in [3.63, 3.8) is 0 Å².